The molecule has 0 saturated heterocycles. The van der Waals surface area contributed by atoms with E-state index in [1.54, 1.807) is 6.08 Å². The van der Waals surface area contributed by atoms with E-state index in [9.17, 15) is 10.1 Å². The number of anilines is 1. The number of nitrogens with zero attached hydrogens (tertiary/aromatic N) is 2. The second kappa shape index (κ2) is 5.25. The van der Waals surface area contributed by atoms with Crippen molar-refractivity contribution in [1.82, 2.24) is 4.98 Å². The van der Waals surface area contributed by atoms with Crippen LogP contribution in [0.5, 0.6) is 0 Å². The van der Waals surface area contributed by atoms with Crippen LogP contribution in [0.3, 0.4) is 0 Å². The van der Waals surface area contributed by atoms with Gasteiger partial charge in [0, 0.05) is 17.6 Å². The lowest BCUT2D eigenvalue weighted by Crippen LogP contribution is -2.19. The number of hydrogen-bond donors (Lipinski definition) is 2. The van der Waals surface area contributed by atoms with Crippen LogP contribution in [0.2, 0.25) is 0 Å². The average molecular weight is 279 g/mol. The van der Waals surface area contributed by atoms with E-state index in [4.69, 9.17) is 5.11 Å². The van der Waals surface area contributed by atoms with Gasteiger partial charge in [-0.05, 0) is 12.5 Å². The smallest absolute Gasteiger partial charge is 0.310 e. The first-order valence-corrected chi connectivity index (χ1v) is 6.64. The minimum absolute atomic E-state index is 0.0935. The van der Waals surface area contributed by atoms with Crippen LogP contribution in [0.4, 0.5) is 5.69 Å². The number of carbonyl (C=O) groups is 1. The number of nitrogens with one attached hydrogen (secondary N) is 1. The highest BCUT2D eigenvalue weighted by atomic mass is 16.4. The number of benzene rings is 1. The fourth-order valence-electron chi connectivity index (χ4n) is 2.56. The molecule has 2 N–H and O–H groups in total. The van der Waals surface area contributed by atoms with Crippen LogP contribution in [0.15, 0.2) is 42.6 Å². The van der Waals surface area contributed by atoms with Gasteiger partial charge in [-0.3, -0.25) is 9.78 Å². The number of fused-ring (bicyclic) bond motifs is 1. The number of carboxylic acids is 1. The molecule has 1 aliphatic rings. The Morgan fingerprint density at radius 3 is 2.90 bits per heavy atom. The van der Waals surface area contributed by atoms with E-state index in [0.29, 0.717) is 17.7 Å². The molecule has 104 valence electrons. The zero-order valence-corrected chi connectivity index (χ0v) is 11.2. The molecular formula is C16H13N3O2. The summed E-state index contributed by atoms with van der Waals surface area (Å²) in [5, 5.41) is 22.4. The van der Waals surface area contributed by atoms with E-state index in [1.165, 1.54) is 6.20 Å². The maximum atomic E-state index is 11.0. The fourth-order valence-corrected chi connectivity index (χ4v) is 2.56. The number of pyridine rings is 1. The van der Waals surface area contributed by atoms with Crippen molar-refractivity contribution in [3.05, 3.63) is 48.2 Å². The molecule has 5 heteroatoms. The van der Waals surface area contributed by atoms with E-state index in [0.717, 1.165) is 10.9 Å². The van der Waals surface area contributed by atoms with Gasteiger partial charge in [0.05, 0.1) is 22.7 Å². The maximum Gasteiger partial charge on any atom is 0.310 e. The zero-order chi connectivity index (χ0) is 14.8. The molecule has 21 heavy (non-hydrogen) atoms. The Morgan fingerprint density at radius 1 is 1.38 bits per heavy atom. The zero-order valence-electron chi connectivity index (χ0n) is 11.2. The van der Waals surface area contributed by atoms with Crippen LogP contribution < -0.4 is 5.32 Å². The molecule has 0 saturated carbocycles. The summed E-state index contributed by atoms with van der Waals surface area (Å²) in [5.74, 6) is -1.29. The van der Waals surface area contributed by atoms with Crippen molar-refractivity contribution in [3.8, 4) is 6.07 Å². The first-order chi connectivity index (χ1) is 10.2. The molecule has 0 aliphatic heterocycles. The Morgan fingerprint density at radius 2 is 2.19 bits per heavy atom. The number of nitriles is 1. The normalized spacial score (nSPS) is 20.3. The van der Waals surface area contributed by atoms with Crippen LogP contribution in [0.1, 0.15) is 12.0 Å². The van der Waals surface area contributed by atoms with E-state index in [1.807, 2.05) is 30.3 Å². The number of aliphatic carboxylic acids is 1. The third kappa shape index (κ3) is 2.43. The van der Waals surface area contributed by atoms with Crippen molar-refractivity contribution in [2.45, 2.75) is 12.5 Å². The molecule has 3 rings (SSSR count). The summed E-state index contributed by atoms with van der Waals surface area (Å²) in [6.07, 6.45) is 5.55. The van der Waals surface area contributed by atoms with Gasteiger partial charge in [0.15, 0.2) is 0 Å². The SMILES string of the molecule is N#Cc1cnc2ccccc2c1NC1C=CC(C(=O)O)C1. The van der Waals surface area contributed by atoms with Crippen molar-refractivity contribution < 1.29 is 9.90 Å². The number of aromatic nitrogens is 1. The van der Waals surface area contributed by atoms with Crippen molar-refractivity contribution in [1.29, 1.82) is 5.26 Å². The molecule has 2 aromatic rings. The first-order valence-electron chi connectivity index (χ1n) is 6.64. The van der Waals surface area contributed by atoms with E-state index < -0.39 is 11.9 Å². The van der Waals surface area contributed by atoms with Crippen LogP contribution in [0, 0.1) is 17.2 Å². The van der Waals surface area contributed by atoms with Gasteiger partial charge in [-0.25, -0.2) is 0 Å². The predicted octanol–water partition coefficient (Wildman–Crippen LogP) is 2.55. The Bertz CT molecular complexity index is 777. The highest BCUT2D eigenvalue weighted by Gasteiger charge is 2.25. The van der Waals surface area contributed by atoms with Gasteiger partial charge in [0.25, 0.3) is 0 Å². The van der Waals surface area contributed by atoms with Gasteiger partial charge in [-0.15, -0.1) is 0 Å². The van der Waals surface area contributed by atoms with Gasteiger partial charge in [0.1, 0.15) is 6.07 Å². The van der Waals surface area contributed by atoms with Gasteiger partial charge < -0.3 is 10.4 Å². The fraction of sp³-hybridized carbons (Fsp3) is 0.188. The molecule has 5 nitrogen and oxygen atoms in total. The standard InChI is InChI=1S/C16H13N3O2/c17-8-11-9-18-14-4-2-1-3-13(14)15(11)19-12-6-5-10(7-12)16(20)21/h1-6,9-10,12H,7H2,(H,18,19)(H,20,21). The highest BCUT2D eigenvalue weighted by molar-refractivity contribution is 5.94. The van der Waals surface area contributed by atoms with E-state index in [2.05, 4.69) is 16.4 Å². The summed E-state index contributed by atoms with van der Waals surface area (Å²) >= 11 is 0. The van der Waals surface area contributed by atoms with Crippen LogP contribution >= 0.6 is 0 Å². The minimum Gasteiger partial charge on any atom is -0.481 e. The monoisotopic (exact) mass is 279 g/mol. The van der Waals surface area contributed by atoms with Gasteiger partial charge in [-0.2, -0.15) is 5.26 Å². The molecule has 0 spiro atoms. The van der Waals surface area contributed by atoms with Crippen LogP contribution in [-0.4, -0.2) is 22.1 Å². The lowest BCUT2D eigenvalue weighted by atomic mass is 10.1. The van der Waals surface area contributed by atoms with Gasteiger partial charge >= 0.3 is 5.97 Å². The van der Waals surface area contributed by atoms with Crippen molar-refractivity contribution >= 4 is 22.6 Å². The maximum absolute atomic E-state index is 11.0. The van der Waals surface area contributed by atoms with Crippen LogP contribution in [-0.2, 0) is 4.79 Å². The Labute approximate surface area is 121 Å². The highest BCUT2D eigenvalue weighted by Crippen LogP contribution is 2.29. The number of carboxylic acid groups (broad SMARTS) is 1. The second-order valence-corrected chi connectivity index (χ2v) is 4.99. The summed E-state index contributed by atoms with van der Waals surface area (Å²) in [7, 11) is 0. The molecular weight excluding hydrogens is 266 g/mol. The summed E-state index contributed by atoms with van der Waals surface area (Å²) < 4.78 is 0. The summed E-state index contributed by atoms with van der Waals surface area (Å²) in [6.45, 7) is 0. The third-order valence-corrected chi connectivity index (χ3v) is 3.63. The lowest BCUT2D eigenvalue weighted by Gasteiger charge is -2.16. The molecule has 1 aromatic heterocycles. The number of hydrogen-bond acceptors (Lipinski definition) is 4. The largest absolute Gasteiger partial charge is 0.481 e. The van der Waals surface area contributed by atoms with E-state index >= 15 is 0 Å². The van der Waals surface area contributed by atoms with Crippen molar-refractivity contribution in [3.63, 3.8) is 0 Å². The Balaban J connectivity index is 1.96. The van der Waals surface area contributed by atoms with Gasteiger partial charge in [-0.1, -0.05) is 30.4 Å². The average Bonchev–Trinajstić information content (AvgIpc) is 2.96. The molecule has 2 unspecified atom stereocenters. The molecule has 1 aromatic carbocycles. The lowest BCUT2D eigenvalue weighted by molar-refractivity contribution is -0.140. The molecule has 0 fully saturated rings. The summed E-state index contributed by atoms with van der Waals surface area (Å²) in [6, 6.07) is 9.60. The third-order valence-electron chi connectivity index (χ3n) is 3.63. The summed E-state index contributed by atoms with van der Waals surface area (Å²) in [4.78, 5) is 15.2. The van der Waals surface area contributed by atoms with Crippen LogP contribution in [0.25, 0.3) is 10.9 Å². The van der Waals surface area contributed by atoms with E-state index in [-0.39, 0.29) is 6.04 Å². The molecule has 0 bridgehead atoms. The second-order valence-electron chi connectivity index (χ2n) is 4.99. The molecule has 1 aliphatic carbocycles. The molecule has 0 radical (unpaired) electrons. The van der Waals surface area contributed by atoms with Crippen molar-refractivity contribution in [2.75, 3.05) is 5.32 Å². The van der Waals surface area contributed by atoms with Gasteiger partial charge in [0.2, 0.25) is 0 Å². The quantitative estimate of drug-likeness (QED) is 0.843. The molecule has 2 atom stereocenters. The number of rotatable bonds is 3. The Hall–Kier alpha value is -2.87. The Kier molecular flexibility index (Phi) is 3.28. The predicted molar refractivity (Wildman–Crippen MR) is 78.8 cm³/mol. The number of para-hydroxylation sites is 1. The summed E-state index contributed by atoms with van der Waals surface area (Å²) in [5.41, 5.74) is 1.97. The first kappa shape index (κ1) is 13.1. The molecule has 1 heterocycles. The topological polar surface area (TPSA) is 86.0 Å². The van der Waals surface area contributed by atoms with Crippen molar-refractivity contribution in [2.24, 2.45) is 5.92 Å². The minimum atomic E-state index is -0.823. The molecule has 0 amide bonds.